The smallest absolute Gasteiger partial charge is 0.266 e. The summed E-state index contributed by atoms with van der Waals surface area (Å²) in [4.78, 5) is 10.8. The Morgan fingerprint density at radius 1 is 1.14 bits per heavy atom. The van der Waals surface area contributed by atoms with E-state index < -0.39 is 5.67 Å². The number of aromatic nitrogens is 4. The standard InChI is InChI=1S/C14H16FN5OS/c15-14(12-16-10(18-21-12)8-1-2-8)5-6-20(7-14)13-17-11(19-22-13)9-3-4-9/h8-9H,1-7H2. The molecule has 5 rings (SSSR count). The summed E-state index contributed by atoms with van der Waals surface area (Å²) < 4.78 is 24.8. The molecule has 2 aliphatic carbocycles. The fourth-order valence-electron chi connectivity index (χ4n) is 2.90. The lowest BCUT2D eigenvalue weighted by Crippen LogP contribution is -2.27. The van der Waals surface area contributed by atoms with Gasteiger partial charge in [0, 0.05) is 36.3 Å². The highest BCUT2D eigenvalue weighted by Crippen LogP contribution is 2.43. The summed E-state index contributed by atoms with van der Waals surface area (Å²) in [6, 6.07) is 0. The highest BCUT2D eigenvalue weighted by Gasteiger charge is 2.46. The Kier molecular flexibility index (Phi) is 2.62. The van der Waals surface area contributed by atoms with E-state index >= 15 is 4.39 Å². The summed E-state index contributed by atoms with van der Waals surface area (Å²) in [5.41, 5.74) is -1.56. The van der Waals surface area contributed by atoms with Crippen LogP contribution in [-0.2, 0) is 5.67 Å². The van der Waals surface area contributed by atoms with E-state index in [4.69, 9.17) is 4.52 Å². The van der Waals surface area contributed by atoms with Crippen LogP contribution in [0.3, 0.4) is 0 Å². The van der Waals surface area contributed by atoms with Crippen molar-refractivity contribution in [2.75, 3.05) is 18.0 Å². The van der Waals surface area contributed by atoms with E-state index in [9.17, 15) is 0 Å². The van der Waals surface area contributed by atoms with E-state index in [0.29, 0.717) is 30.6 Å². The summed E-state index contributed by atoms with van der Waals surface area (Å²) in [6.45, 7) is 0.829. The topological polar surface area (TPSA) is 67.9 Å². The van der Waals surface area contributed by atoms with E-state index in [1.165, 1.54) is 24.4 Å². The average Bonchev–Trinajstić information content (AvgIpc) is 3.41. The third kappa shape index (κ3) is 2.12. The van der Waals surface area contributed by atoms with Crippen LogP contribution in [0.2, 0.25) is 0 Å². The van der Waals surface area contributed by atoms with Gasteiger partial charge in [-0.05, 0) is 25.7 Å². The summed E-state index contributed by atoms with van der Waals surface area (Å²) in [6.07, 6.45) is 4.88. The van der Waals surface area contributed by atoms with Crippen LogP contribution in [-0.4, -0.2) is 32.6 Å². The van der Waals surface area contributed by atoms with Crippen LogP contribution in [0, 0.1) is 0 Å². The molecule has 3 heterocycles. The summed E-state index contributed by atoms with van der Waals surface area (Å²) in [5.74, 6) is 2.62. The Balaban J connectivity index is 1.35. The number of hydrogen-bond donors (Lipinski definition) is 0. The van der Waals surface area contributed by atoms with Gasteiger partial charge in [0.1, 0.15) is 5.82 Å². The Morgan fingerprint density at radius 2 is 1.91 bits per heavy atom. The van der Waals surface area contributed by atoms with Crippen molar-refractivity contribution >= 4 is 16.7 Å². The third-order valence-electron chi connectivity index (χ3n) is 4.63. The van der Waals surface area contributed by atoms with Crippen molar-refractivity contribution in [1.82, 2.24) is 19.5 Å². The number of halogens is 1. The lowest BCUT2D eigenvalue weighted by molar-refractivity contribution is 0.136. The highest BCUT2D eigenvalue weighted by atomic mass is 32.1. The molecule has 6 nitrogen and oxygen atoms in total. The zero-order chi connectivity index (χ0) is 14.7. The van der Waals surface area contributed by atoms with Crippen molar-refractivity contribution in [3.8, 4) is 0 Å². The molecule has 2 aromatic heterocycles. The van der Waals surface area contributed by atoms with Gasteiger partial charge in [0.15, 0.2) is 5.82 Å². The average molecular weight is 321 g/mol. The minimum absolute atomic E-state index is 0.129. The molecule has 1 saturated heterocycles. The number of anilines is 1. The van der Waals surface area contributed by atoms with Gasteiger partial charge in [-0.2, -0.15) is 9.36 Å². The Labute approximate surface area is 130 Å². The molecule has 0 spiro atoms. The Morgan fingerprint density at radius 3 is 2.68 bits per heavy atom. The van der Waals surface area contributed by atoms with Crippen LogP contribution in [0.5, 0.6) is 0 Å². The largest absolute Gasteiger partial charge is 0.343 e. The molecule has 3 fully saturated rings. The highest BCUT2D eigenvalue weighted by molar-refractivity contribution is 7.09. The van der Waals surface area contributed by atoms with Crippen molar-refractivity contribution in [1.29, 1.82) is 0 Å². The van der Waals surface area contributed by atoms with Crippen molar-refractivity contribution < 1.29 is 8.91 Å². The molecule has 0 aromatic carbocycles. The number of alkyl halides is 1. The van der Waals surface area contributed by atoms with Crippen molar-refractivity contribution in [2.45, 2.75) is 49.6 Å². The quantitative estimate of drug-likeness (QED) is 0.862. The summed E-state index contributed by atoms with van der Waals surface area (Å²) >= 11 is 1.36. The van der Waals surface area contributed by atoms with E-state index in [-0.39, 0.29) is 12.4 Å². The number of rotatable bonds is 4. The van der Waals surface area contributed by atoms with Gasteiger partial charge in [-0.25, -0.2) is 9.37 Å². The molecule has 2 aromatic rings. The predicted molar refractivity (Wildman–Crippen MR) is 77.8 cm³/mol. The monoisotopic (exact) mass is 321 g/mol. The second kappa shape index (κ2) is 4.47. The van der Waals surface area contributed by atoms with E-state index in [1.807, 2.05) is 4.90 Å². The molecule has 22 heavy (non-hydrogen) atoms. The van der Waals surface area contributed by atoms with Gasteiger partial charge >= 0.3 is 0 Å². The first-order chi connectivity index (χ1) is 10.7. The molecule has 116 valence electrons. The van der Waals surface area contributed by atoms with Crippen LogP contribution >= 0.6 is 11.5 Å². The first-order valence-electron chi connectivity index (χ1n) is 7.83. The predicted octanol–water partition coefficient (Wildman–Crippen LogP) is 2.75. The maximum absolute atomic E-state index is 15.2. The van der Waals surface area contributed by atoms with Crippen molar-refractivity contribution in [3.05, 3.63) is 17.5 Å². The van der Waals surface area contributed by atoms with Gasteiger partial charge in [-0.3, -0.25) is 0 Å². The molecule has 3 aliphatic rings. The molecule has 2 saturated carbocycles. The first-order valence-corrected chi connectivity index (χ1v) is 8.60. The summed E-state index contributed by atoms with van der Waals surface area (Å²) in [7, 11) is 0. The van der Waals surface area contributed by atoms with Crippen LogP contribution in [0.25, 0.3) is 0 Å². The van der Waals surface area contributed by atoms with Gasteiger partial charge in [0.2, 0.25) is 10.8 Å². The van der Waals surface area contributed by atoms with Crippen LogP contribution in [0.1, 0.15) is 61.5 Å². The van der Waals surface area contributed by atoms with E-state index in [0.717, 1.165) is 23.8 Å². The first kappa shape index (κ1) is 12.9. The molecule has 1 unspecified atom stereocenters. The lowest BCUT2D eigenvalue weighted by Gasteiger charge is -2.16. The molecular formula is C14H16FN5OS. The minimum atomic E-state index is -1.56. The molecule has 0 N–H and O–H groups in total. The minimum Gasteiger partial charge on any atom is -0.343 e. The molecule has 8 heteroatoms. The Hall–Kier alpha value is -1.57. The molecule has 0 bridgehead atoms. The molecule has 1 atom stereocenters. The zero-order valence-electron chi connectivity index (χ0n) is 12.0. The van der Waals surface area contributed by atoms with Gasteiger partial charge in [-0.15, -0.1) is 0 Å². The second-order valence-corrected chi connectivity index (χ2v) is 7.31. The van der Waals surface area contributed by atoms with Gasteiger partial charge < -0.3 is 9.42 Å². The number of hydrogen-bond acceptors (Lipinski definition) is 7. The maximum Gasteiger partial charge on any atom is 0.266 e. The van der Waals surface area contributed by atoms with Crippen LogP contribution in [0.15, 0.2) is 4.52 Å². The van der Waals surface area contributed by atoms with Crippen LogP contribution < -0.4 is 4.90 Å². The van der Waals surface area contributed by atoms with E-state index in [1.54, 1.807) is 0 Å². The van der Waals surface area contributed by atoms with Gasteiger partial charge in [0.05, 0.1) is 6.54 Å². The van der Waals surface area contributed by atoms with Crippen molar-refractivity contribution in [2.24, 2.45) is 0 Å². The fraction of sp³-hybridized carbons (Fsp3) is 0.714. The molecular weight excluding hydrogens is 305 g/mol. The molecule has 0 amide bonds. The van der Waals surface area contributed by atoms with Gasteiger partial charge in [-0.1, -0.05) is 5.16 Å². The lowest BCUT2D eigenvalue weighted by atomic mass is 10.1. The fourth-order valence-corrected chi connectivity index (χ4v) is 3.67. The molecule has 0 radical (unpaired) electrons. The SMILES string of the molecule is FC1(c2nc(C3CC3)no2)CCN(c2nc(C3CC3)ns2)C1. The number of nitrogens with zero attached hydrogens (tertiary/aromatic N) is 5. The Bertz CT molecular complexity index is 710. The van der Waals surface area contributed by atoms with Crippen LogP contribution in [0.4, 0.5) is 9.52 Å². The second-order valence-electron chi connectivity index (χ2n) is 6.58. The third-order valence-corrected chi connectivity index (χ3v) is 5.42. The van der Waals surface area contributed by atoms with Crippen molar-refractivity contribution in [3.63, 3.8) is 0 Å². The van der Waals surface area contributed by atoms with E-state index in [2.05, 4.69) is 19.5 Å². The summed E-state index contributed by atoms with van der Waals surface area (Å²) in [5, 5.41) is 4.74. The van der Waals surface area contributed by atoms with Gasteiger partial charge in [0.25, 0.3) is 5.89 Å². The maximum atomic E-state index is 15.2. The normalized spacial score (nSPS) is 28.5. The molecule has 1 aliphatic heterocycles. The zero-order valence-corrected chi connectivity index (χ0v) is 12.9.